The van der Waals surface area contributed by atoms with Crippen LogP contribution in [0.3, 0.4) is 0 Å². The minimum Gasteiger partial charge on any atom is -0.485 e. The number of rotatable bonds is 4. The molecule has 1 aromatic carbocycles. The molecule has 3 rings (SSSR count). The number of benzene rings is 1. The van der Waals surface area contributed by atoms with Gasteiger partial charge in [-0.1, -0.05) is 42.2 Å². The third-order valence-electron chi connectivity index (χ3n) is 3.73. The number of para-hydroxylation sites is 1. The summed E-state index contributed by atoms with van der Waals surface area (Å²) in [6.45, 7) is 2.01. The summed E-state index contributed by atoms with van der Waals surface area (Å²) in [5.74, 6) is -0.393. The van der Waals surface area contributed by atoms with Crippen molar-refractivity contribution in [2.24, 2.45) is 0 Å². The van der Waals surface area contributed by atoms with Crippen molar-refractivity contribution in [1.82, 2.24) is 4.90 Å². The van der Waals surface area contributed by atoms with Crippen LogP contribution in [0.5, 0.6) is 5.75 Å². The van der Waals surface area contributed by atoms with Crippen LogP contribution in [0.4, 0.5) is 0 Å². The van der Waals surface area contributed by atoms with Crippen LogP contribution in [-0.2, 0) is 9.59 Å². The minimum absolute atomic E-state index is 0.0886. The molecule has 1 aromatic rings. The lowest BCUT2D eigenvalue weighted by Gasteiger charge is -2.23. The predicted molar refractivity (Wildman–Crippen MR) is 96.7 cm³/mol. The Morgan fingerprint density at radius 1 is 1.46 bits per heavy atom. The molecule has 24 heavy (non-hydrogen) atoms. The molecule has 0 aliphatic carbocycles. The maximum absolute atomic E-state index is 12.4. The number of fused-ring (bicyclic) bond motifs is 1. The lowest BCUT2D eigenvalue weighted by molar-refractivity contribution is -0.137. The molecule has 1 atom stereocenters. The quantitative estimate of drug-likeness (QED) is 0.657. The molecular weight excluding hydrogens is 346 g/mol. The van der Waals surface area contributed by atoms with Gasteiger partial charge < -0.3 is 9.84 Å². The van der Waals surface area contributed by atoms with Gasteiger partial charge in [0.2, 0.25) is 0 Å². The van der Waals surface area contributed by atoms with Gasteiger partial charge in [-0.15, -0.1) is 0 Å². The molecule has 0 saturated carbocycles. The number of ether oxygens (including phenoxy) is 1. The summed E-state index contributed by atoms with van der Waals surface area (Å²) in [6.07, 6.45) is 3.46. The zero-order chi connectivity index (χ0) is 17.3. The molecule has 0 unspecified atom stereocenters. The summed E-state index contributed by atoms with van der Waals surface area (Å²) in [4.78, 5) is 25.0. The van der Waals surface area contributed by atoms with Crippen molar-refractivity contribution in [2.75, 3.05) is 6.54 Å². The van der Waals surface area contributed by atoms with E-state index in [1.807, 2.05) is 37.3 Å². The van der Waals surface area contributed by atoms with Crippen LogP contribution in [0, 0.1) is 0 Å². The van der Waals surface area contributed by atoms with Crippen molar-refractivity contribution < 1.29 is 19.4 Å². The van der Waals surface area contributed by atoms with Crippen LogP contribution in [0.1, 0.15) is 18.9 Å². The maximum Gasteiger partial charge on any atom is 0.305 e. The van der Waals surface area contributed by atoms with Crippen LogP contribution in [0.15, 0.2) is 40.8 Å². The highest BCUT2D eigenvalue weighted by molar-refractivity contribution is 8.26. The number of carboxylic acids is 1. The Kier molecular flexibility index (Phi) is 4.73. The molecule has 1 amide bonds. The lowest BCUT2D eigenvalue weighted by Crippen LogP contribution is -2.30. The number of carbonyl (C=O) groups excluding carboxylic acids is 1. The molecule has 1 N–H and O–H groups in total. The van der Waals surface area contributed by atoms with Crippen molar-refractivity contribution in [2.45, 2.75) is 19.4 Å². The number of thiocarbonyl (C=S) groups is 1. The second-order valence-electron chi connectivity index (χ2n) is 5.42. The Morgan fingerprint density at radius 2 is 2.21 bits per heavy atom. The number of nitrogens with zero attached hydrogens (tertiary/aromatic N) is 1. The molecule has 0 radical (unpaired) electrons. The molecule has 0 bridgehead atoms. The van der Waals surface area contributed by atoms with Gasteiger partial charge in [-0.05, 0) is 30.7 Å². The molecule has 2 aliphatic heterocycles. The largest absolute Gasteiger partial charge is 0.485 e. The van der Waals surface area contributed by atoms with Crippen molar-refractivity contribution in [3.8, 4) is 5.75 Å². The second kappa shape index (κ2) is 6.78. The summed E-state index contributed by atoms with van der Waals surface area (Å²) < 4.78 is 6.25. The third kappa shape index (κ3) is 3.37. The number of aliphatic carboxylic acids is 1. The molecule has 2 aliphatic rings. The van der Waals surface area contributed by atoms with Crippen molar-refractivity contribution in [3.63, 3.8) is 0 Å². The SMILES string of the molecule is C[C@H]1Oc2ccccc2C=C1/C=C1/SC(=S)N(CCC(=O)O)C1=O. The monoisotopic (exact) mass is 361 g/mol. The van der Waals surface area contributed by atoms with E-state index in [-0.39, 0.29) is 25.0 Å². The molecule has 0 spiro atoms. The van der Waals surface area contributed by atoms with E-state index in [9.17, 15) is 9.59 Å². The number of thioether (sulfide) groups is 1. The summed E-state index contributed by atoms with van der Waals surface area (Å²) in [5.41, 5.74) is 1.84. The molecule has 1 fully saturated rings. The van der Waals surface area contributed by atoms with E-state index in [0.717, 1.165) is 16.9 Å². The zero-order valence-corrected chi connectivity index (χ0v) is 14.5. The van der Waals surface area contributed by atoms with Crippen LogP contribution in [0.25, 0.3) is 6.08 Å². The first kappa shape index (κ1) is 16.7. The Bertz CT molecular complexity index is 785. The van der Waals surface area contributed by atoms with E-state index in [1.54, 1.807) is 6.08 Å². The highest BCUT2D eigenvalue weighted by atomic mass is 32.2. The van der Waals surface area contributed by atoms with E-state index < -0.39 is 5.97 Å². The second-order valence-corrected chi connectivity index (χ2v) is 7.10. The zero-order valence-electron chi connectivity index (χ0n) is 12.9. The molecular formula is C17H15NO4S2. The Morgan fingerprint density at radius 3 is 2.96 bits per heavy atom. The number of carboxylic acid groups (broad SMARTS) is 1. The van der Waals surface area contributed by atoms with Gasteiger partial charge in [0.15, 0.2) is 0 Å². The highest BCUT2D eigenvalue weighted by Crippen LogP contribution is 2.35. The van der Waals surface area contributed by atoms with Gasteiger partial charge >= 0.3 is 5.97 Å². The fourth-order valence-corrected chi connectivity index (χ4v) is 3.78. The minimum atomic E-state index is -0.957. The summed E-state index contributed by atoms with van der Waals surface area (Å²) >= 11 is 6.38. The summed E-state index contributed by atoms with van der Waals surface area (Å²) in [5, 5.41) is 8.77. The van der Waals surface area contributed by atoms with E-state index in [1.165, 1.54) is 16.7 Å². The van der Waals surface area contributed by atoms with Gasteiger partial charge in [-0.3, -0.25) is 14.5 Å². The molecule has 1 saturated heterocycles. The Balaban J connectivity index is 1.84. The highest BCUT2D eigenvalue weighted by Gasteiger charge is 2.33. The first-order valence-electron chi connectivity index (χ1n) is 7.40. The predicted octanol–water partition coefficient (Wildman–Crippen LogP) is 3.07. The fourth-order valence-electron chi connectivity index (χ4n) is 2.47. The molecule has 7 heteroatoms. The van der Waals surface area contributed by atoms with Gasteiger partial charge in [-0.2, -0.15) is 0 Å². The number of carbonyl (C=O) groups is 2. The van der Waals surface area contributed by atoms with Crippen LogP contribution >= 0.6 is 24.0 Å². The molecule has 0 aromatic heterocycles. The Hall–Kier alpha value is -2.12. The topological polar surface area (TPSA) is 66.8 Å². The van der Waals surface area contributed by atoms with Crippen molar-refractivity contribution in [3.05, 3.63) is 46.4 Å². The summed E-state index contributed by atoms with van der Waals surface area (Å²) in [7, 11) is 0. The smallest absolute Gasteiger partial charge is 0.305 e. The number of hydrogen-bond donors (Lipinski definition) is 1. The van der Waals surface area contributed by atoms with Gasteiger partial charge in [0.05, 0.1) is 11.3 Å². The first-order chi connectivity index (χ1) is 11.5. The Labute approximate surface area is 149 Å². The third-order valence-corrected chi connectivity index (χ3v) is 5.11. The number of hydrogen-bond acceptors (Lipinski definition) is 5. The van der Waals surface area contributed by atoms with Crippen LogP contribution < -0.4 is 4.74 Å². The van der Waals surface area contributed by atoms with Crippen LogP contribution in [0.2, 0.25) is 0 Å². The molecule has 2 heterocycles. The fraction of sp³-hybridized carbons (Fsp3) is 0.235. The van der Waals surface area contributed by atoms with Gasteiger partial charge in [0, 0.05) is 12.1 Å². The van der Waals surface area contributed by atoms with Gasteiger partial charge in [0.1, 0.15) is 16.2 Å². The standard InChI is InChI=1S/C17H15NO4S2/c1-10-12(8-11-4-2-3-5-13(11)22-10)9-14-16(21)18(17(23)24-14)7-6-15(19)20/h2-5,8-10H,6-7H2,1H3,(H,19,20)/b14-9+/t10-/m1/s1. The van der Waals surface area contributed by atoms with Crippen molar-refractivity contribution in [1.29, 1.82) is 0 Å². The molecule has 5 nitrogen and oxygen atoms in total. The van der Waals surface area contributed by atoms with E-state index in [2.05, 4.69) is 0 Å². The van der Waals surface area contributed by atoms with E-state index in [0.29, 0.717) is 9.23 Å². The van der Waals surface area contributed by atoms with Crippen molar-refractivity contribution >= 4 is 46.3 Å². The van der Waals surface area contributed by atoms with Gasteiger partial charge in [0.25, 0.3) is 5.91 Å². The van der Waals surface area contributed by atoms with Crippen LogP contribution in [-0.4, -0.2) is 38.9 Å². The maximum atomic E-state index is 12.4. The normalized spacial score (nSPS) is 21.5. The first-order valence-corrected chi connectivity index (χ1v) is 8.62. The average Bonchev–Trinajstić information content (AvgIpc) is 2.80. The van der Waals surface area contributed by atoms with E-state index in [4.69, 9.17) is 22.1 Å². The average molecular weight is 361 g/mol. The lowest BCUT2D eigenvalue weighted by atomic mass is 10.0. The molecule has 124 valence electrons. The summed E-state index contributed by atoms with van der Waals surface area (Å²) in [6, 6.07) is 7.70. The van der Waals surface area contributed by atoms with E-state index >= 15 is 0 Å². The number of amides is 1. The van der Waals surface area contributed by atoms with Gasteiger partial charge in [-0.25, -0.2) is 0 Å².